The van der Waals surface area contributed by atoms with Crippen LogP contribution in [-0.2, 0) is 28.3 Å². The second-order valence-electron chi connectivity index (χ2n) is 6.78. The van der Waals surface area contributed by atoms with Crippen molar-refractivity contribution < 1.29 is 21.9 Å². The monoisotopic (exact) mass is 398 g/mol. The van der Waals surface area contributed by atoms with Crippen LogP contribution in [0, 0.1) is 5.92 Å². The number of hydrogen-bond donors (Lipinski definition) is 0. The van der Waals surface area contributed by atoms with E-state index in [0.717, 1.165) is 18.6 Å². The van der Waals surface area contributed by atoms with Crippen LogP contribution >= 0.6 is 0 Å². The number of nitrogens with zero attached hydrogens (tertiary/aromatic N) is 2. The number of aryl methyl sites for hydroxylation is 1. The van der Waals surface area contributed by atoms with Crippen LogP contribution in [0.4, 0.5) is 0 Å². The molecule has 3 nitrogen and oxygen atoms in total. The summed E-state index contributed by atoms with van der Waals surface area (Å²) in [4.78, 5) is 12.0. The molecule has 2 aliphatic rings. The van der Waals surface area contributed by atoms with Gasteiger partial charge in [-0.3, -0.25) is 4.79 Å². The number of carbonyl (C=O) groups is 1. The molecule has 1 heterocycles. The van der Waals surface area contributed by atoms with Gasteiger partial charge in [-0.05, 0) is 18.4 Å². The molecule has 2 unspecified atom stereocenters. The zero-order chi connectivity index (χ0) is 17.9. The van der Waals surface area contributed by atoms with Gasteiger partial charge in [-0.1, -0.05) is 24.3 Å². The van der Waals surface area contributed by atoms with Crippen LogP contribution in [-0.4, -0.2) is 16.6 Å². The molecule has 0 N–H and O–H groups in total. The summed E-state index contributed by atoms with van der Waals surface area (Å²) >= 11 is 0. The molecule has 3 aromatic rings. The summed E-state index contributed by atoms with van der Waals surface area (Å²) in [5, 5.41) is 6.37. The number of fused-ring (bicyclic) bond motifs is 3. The fourth-order valence-electron chi connectivity index (χ4n) is 3.97. The smallest absolute Gasteiger partial charge is 0.273 e. The van der Waals surface area contributed by atoms with Crippen molar-refractivity contribution in [2.24, 2.45) is 11.0 Å². The Labute approximate surface area is 170 Å². The molecule has 0 aromatic heterocycles. The predicted octanol–water partition coefficient (Wildman–Crippen LogP) is 4.68. The second kappa shape index (κ2) is 8.51. The van der Waals surface area contributed by atoms with Gasteiger partial charge in [0.25, 0.3) is 0 Å². The van der Waals surface area contributed by atoms with E-state index in [1.165, 1.54) is 16.7 Å². The van der Waals surface area contributed by atoms with Gasteiger partial charge in [0.2, 0.25) is 5.91 Å². The van der Waals surface area contributed by atoms with Crippen LogP contribution in [0.1, 0.15) is 36.1 Å². The van der Waals surface area contributed by atoms with Crippen molar-refractivity contribution in [2.45, 2.75) is 25.8 Å². The average molecular weight is 398 g/mol. The van der Waals surface area contributed by atoms with Gasteiger partial charge in [0.05, 0.1) is 11.8 Å². The van der Waals surface area contributed by atoms with E-state index in [9.17, 15) is 4.79 Å². The van der Waals surface area contributed by atoms with E-state index < -0.39 is 0 Å². The van der Waals surface area contributed by atoms with Crippen LogP contribution in [0.3, 0.4) is 0 Å². The van der Waals surface area contributed by atoms with Crippen molar-refractivity contribution in [1.82, 2.24) is 5.01 Å². The van der Waals surface area contributed by atoms with Crippen LogP contribution in [0.5, 0.6) is 0 Å². The van der Waals surface area contributed by atoms with Crippen LogP contribution in [0.25, 0.3) is 0 Å². The molecule has 138 valence electrons. The van der Waals surface area contributed by atoms with Crippen molar-refractivity contribution in [3.63, 3.8) is 0 Å². The summed E-state index contributed by atoms with van der Waals surface area (Å²) in [5.41, 5.74) is 4.83. The first-order chi connectivity index (χ1) is 12.8. The van der Waals surface area contributed by atoms with E-state index in [4.69, 9.17) is 0 Å². The first kappa shape index (κ1) is 19.3. The van der Waals surface area contributed by atoms with E-state index in [-0.39, 0.29) is 29.0 Å². The van der Waals surface area contributed by atoms with E-state index in [1.54, 1.807) is 11.9 Å². The number of hydrogen-bond acceptors (Lipinski definition) is 2. The Morgan fingerprint density at radius 2 is 1.85 bits per heavy atom. The van der Waals surface area contributed by atoms with Gasteiger partial charge in [0.1, 0.15) is 0 Å². The number of benzene rings is 1. The molecule has 0 saturated heterocycles. The molecule has 1 amide bonds. The molecular formula is C23H22FeN2O. The van der Waals surface area contributed by atoms with Crippen molar-refractivity contribution >= 4 is 11.6 Å². The fraction of sp³-hybridized carbons (Fsp3) is 0.217. The van der Waals surface area contributed by atoms with E-state index in [1.807, 2.05) is 42.5 Å². The average Bonchev–Trinajstić information content (AvgIpc) is 3.42. The van der Waals surface area contributed by atoms with Crippen LogP contribution in [0.2, 0.25) is 0 Å². The maximum atomic E-state index is 12.0. The largest absolute Gasteiger partial charge is 2.00 e. The van der Waals surface area contributed by atoms with Gasteiger partial charge in [0.15, 0.2) is 0 Å². The molecule has 27 heavy (non-hydrogen) atoms. The SMILES string of the molecule is CC(=O)N1N=C2c3ccccc3CCC2C1c1ccc[cH-]1.[Fe+2].c1cc[cH-]c1. The fourth-order valence-corrected chi connectivity index (χ4v) is 3.97. The van der Waals surface area contributed by atoms with Crippen LogP contribution in [0.15, 0.2) is 84.0 Å². The molecular weight excluding hydrogens is 376 g/mol. The minimum Gasteiger partial charge on any atom is -0.273 e. The maximum absolute atomic E-state index is 12.0. The molecule has 5 rings (SSSR count). The van der Waals surface area contributed by atoms with Crippen molar-refractivity contribution in [1.29, 1.82) is 0 Å². The van der Waals surface area contributed by atoms with Crippen molar-refractivity contribution in [3.8, 4) is 0 Å². The van der Waals surface area contributed by atoms with Gasteiger partial charge in [-0.2, -0.15) is 35.4 Å². The first-order valence-corrected chi connectivity index (χ1v) is 9.10. The Bertz CT molecular complexity index is 879. The molecule has 0 saturated carbocycles. The summed E-state index contributed by atoms with van der Waals surface area (Å²) in [6.07, 6.45) is 2.11. The number of amides is 1. The summed E-state index contributed by atoms with van der Waals surface area (Å²) in [7, 11) is 0. The van der Waals surface area contributed by atoms with Gasteiger partial charge in [0, 0.05) is 18.4 Å². The van der Waals surface area contributed by atoms with Crippen molar-refractivity contribution in [3.05, 3.63) is 95.6 Å². The number of carbonyl (C=O) groups excluding carboxylic acids is 1. The van der Waals surface area contributed by atoms with Gasteiger partial charge >= 0.3 is 17.1 Å². The number of hydrazone groups is 1. The number of rotatable bonds is 1. The Morgan fingerprint density at radius 3 is 2.48 bits per heavy atom. The third kappa shape index (κ3) is 3.82. The molecule has 1 aliphatic carbocycles. The second-order valence-corrected chi connectivity index (χ2v) is 6.78. The Balaban J connectivity index is 0.000000306. The van der Waals surface area contributed by atoms with Gasteiger partial charge in [-0.15, -0.1) is 5.56 Å². The molecule has 1 aliphatic heterocycles. The molecule has 2 atom stereocenters. The normalized spacial score (nSPS) is 19.7. The summed E-state index contributed by atoms with van der Waals surface area (Å²) in [6.45, 7) is 1.60. The molecule has 0 radical (unpaired) electrons. The standard InChI is InChI=1S/C18H17N2O.C5H5.Fe/c1-12(21)20-18(14-7-2-3-8-14)16-11-10-13-6-4-5-9-15(13)17(16)19-20;1-2-4-5-3-1;/h2-9,16,18H,10-11H2,1H3;1-5H;/q2*-1;+2. The minimum absolute atomic E-state index is 0. The Morgan fingerprint density at radius 1 is 1.07 bits per heavy atom. The zero-order valence-corrected chi connectivity index (χ0v) is 16.3. The predicted molar refractivity (Wildman–Crippen MR) is 104 cm³/mol. The third-order valence-corrected chi connectivity index (χ3v) is 5.14. The summed E-state index contributed by atoms with van der Waals surface area (Å²) < 4.78 is 0. The van der Waals surface area contributed by atoms with E-state index in [2.05, 4.69) is 41.5 Å². The van der Waals surface area contributed by atoms with Crippen molar-refractivity contribution in [2.75, 3.05) is 0 Å². The van der Waals surface area contributed by atoms with E-state index in [0.29, 0.717) is 5.92 Å². The minimum atomic E-state index is 0. The topological polar surface area (TPSA) is 32.7 Å². The zero-order valence-electron chi connectivity index (χ0n) is 15.2. The summed E-state index contributed by atoms with van der Waals surface area (Å²) in [6, 6.07) is 26.7. The maximum Gasteiger partial charge on any atom is 2.00 e. The quantitative estimate of drug-likeness (QED) is 0.433. The van der Waals surface area contributed by atoms with E-state index >= 15 is 0 Å². The first-order valence-electron chi connectivity index (χ1n) is 9.10. The molecule has 0 fully saturated rings. The Kier molecular flexibility index (Phi) is 6.10. The third-order valence-electron chi connectivity index (χ3n) is 5.14. The Hall–Kier alpha value is -2.42. The van der Waals surface area contributed by atoms with Gasteiger partial charge in [-0.25, -0.2) is 29.3 Å². The van der Waals surface area contributed by atoms with Crippen LogP contribution < -0.4 is 0 Å². The molecule has 4 heteroatoms. The molecule has 0 bridgehead atoms. The molecule has 3 aromatic carbocycles. The summed E-state index contributed by atoms with van der Waals surface area (Å²) in [5.74, 6) is 0.326. The molecule has 0 spiro atoms. The van der Waals surface area contributed by atoms with Gasteiger partial charge < -0.3 is 0 Å².